The van der Waals surface area contributed by atoms with E-state index in [1.807, 2.05) is 44.6 Å². The number of amides is 2. The number of pyridine rings is 2. The molecular weight excluding hydrogens is 302 g/mol. The predicted octanol–water partition coefficient (Wildman–Crippen LogP) is 2.99. The van der Waals surface area contributed by atoms with Crippen molar-refractivity contribution in [2.45, 2.75) is 26.3 Å². The van der Waals surface area contributed by atoms with E-state index in [0.717, 1.165) is 23.2 Å². The lowest BCUT2D eigenvalue weighted by Crippen LogP contribution is -2.41. The number of nitrogens with one attached hydrogen (secondary N) is 2. The Morgan fingerprint density at radius 2 is 2.00 bits per heavy atom. The minimum Gasteiger partial charge on any atom is -0.383 e. The van der Waals surface area contributed by atoms with E-state index in [0.29, 0.717) is 13.1 Å². The molecule has 2 N–H and O–H groups in total. The van der Waals surface area contributed by atoms with Gasteiger partial charge in [-0.2, -0.15) is 0 Å². The van der Waals surface area contributed by atoms with Crippen LogP contribution in [0.1, 0.15) is 30.5 Å². The van der Waals surface area contributed by atoms with Crippen LogP contribution in [-0.4, -0.2) is 41.0 Å². The summed E-state index contributed by atoms with van der Waals surface area (Å²) in [6.45, 7) is 5.28. The first-order chi connectivity index (χ1) is 11.6. The van der Waals surface area contributed by atoms with E-state index in [9.17, 15) is 4.79 Å². The summed E-state index contributed by atoms with van der Waals surface area (Å²) in [6.07, 6.45) is 7.95. The maximum Gasteiger partial charge on any atom is 0.317 e. The summed E-state index contributed by atoms with van der Waals surface area (Å²) in [5.41, 5.74) is 3.17. The fourth-order valence-electron chi connectivity index (χ4n) is 2.61. The number of urea groups is 1. The average Bonchev–Trinajstić information content (AvgIpc) is 2.61. The molecule has 0 aliphatic heterocycles. The zero-order valence-electron chi connectivity index (χ0n) is 14.5. The number of rotatable bonds is 7. The molecule has 0 spiro atoms. The number of aryl methyl sites for hydroxylation is 1. The second-order valence-electron chi connectivity index (χ2n) is 5.67. The van der Waals surface area contributed by atoms with Crippen LogP contribution < -0.4 is 10.6 Å². The topological polar surface area (TPSA) is 70.2 Å². The zero-order chi connectivity index (χ0) is 17.4. The summed E-state index contributed by atoms with van der Waals surface area (Å²) in [4.78, 5) is 22.3. The van der Waals surface area contributed by atoms with Crippen LogP contribution in [0.5, 0.6) is 0 Å². The van der Waals surface area contributed by atoms with Crippen molar-refractivity contribution in [2.75, 3.05) is 25.5 Å². The van der Waals surface area contributed by atoms with Gasteiger partial charge in [0.15, 0.2) is 0 Å². The quantitative estimate of drug-likeness (QED) is 0.767. The number of aromatic nitrogens is 2. The Hall–Kier alpha value is -2.63. The van der Waals surface area contributed by atoms with E-state index in [2.05, 4.69) is 27.5 Å². The third-order valence-corrected chi connectivity index (χ3v) is 3.98. The third kappa shape index (κ3) is 4.68. The molecular formula is C18H25N5O. The van der Waals surface area contributed by atoms with Crippen LogP contribution in [-0.2, 0) is 0 Å². The second kappa shape index (κ2) is 8.86. The fraction of sp³-hybridized carbons (Fsp3) is 0.389. The molecule has 0 unspecified atom stereocenters. The number of carbonyl (C=O) groups excluding carboxylic acids is 1. The molecule has 2 rings (SSSR count). The summed E-state index contributed by atoms with van der Waals surface area (Å²) in [5, 5.41) is 6.24. The van der Waals surface area contributed by atoms with Gasteiger partial charge in [0.1, 0.15) is 0 Å². The van der Waals surface area contributed by atoms with Crippen molar-refractivity contribution in [3.05, 3.63) is 54.1 Å². The monoisotopic (exact) mass is 327 g/mol. The molecule has 1 atom stereocenters. The van der Waals surface area contributed by atoms with E-state index >= 15 is 0 Å². The fourth-order valence-corrected chi connectivity index (χ4v) is 2.61. The molecule has 2 heterocycles. The van der Waals surface area contributed by atoms with Crippen LogP contribution in [0.15, 0.2) is 43.0 Å². The number of carbonyl (C=O) groups is 1. The van der Waals surface area contributed by atoms with Gasteiger partial charge in [-0.05, 0) is 36.6 Å². The molecule has 0 bridgehead atoms. The highest BCUT2D eigenvalue weighted by molar-refractivity contribution is 5.74. The van der Waals surface area contributed by atoms with Gasteiger partial charge >= 0.3 is 6.03 Å². The lowest BCUT2D eigenvalue weighted by molar-refractivity contribution is 0.189. The molecule has 0 saturated heterocycles. The van der Waals surface area contributed by atoms with Crippen molar-refractivity contribution in [3.63, 3.8) is 0 Å². The normalized spacial score (nSPS) is 11.6. The summed E-state index contributed by atoms with van der Waals surface area (Å²) in [7, 11) is 1.82. The highest BCUT2D eigenvalue weighted by Gasteiger charge is 2.19. The van der Waals surface area contributed by atoms with Crippen molar-refractivity contribution in [1.29, 1.82) is 0 Å². The molecule has 0 aliphatic rings. The van der Waals surface area contributed by atoms with Gasteiger partial charge in [0, 0.05) is 50.6 Å². The van der Waals surface area contributed by atoms with Crippen LogP contribution in [0.3, 0.4) is 0 Å². The van der Waals surface area contributed by atoms with Crippen molar-refractivity contribution in [2.24, 2.45) is 0 Å². The maximum atomic E-state index is 12.4. The van der Waals surface area contributed by atoms with Gasteiger partial charge in [0.05, 0.1) is 6.04 Å². The van der Waals surface area contributed by atoms with Crippen molar-refractivity contribution in [3.8, 4) is 0 Å². The van der Waals surface area contributed by atoms with E-state index < -0.39 is 0 Å². The first-order valence-corrected chi connectivity index (χ1v) is 8.18. The molecule has 6 nitrogen and oxygen atoms in total. The van der Waals surface area contributed by atoms with Gasteiger partial charge in [0.2, 0.25) is 0 Å². The lowest BCUT2D eigenvalue weighted by atomic mass is 10.1. The smallest absolute Gasteiger partial charge is 0.317 e. The van der Waals surface area contributed by atoms with E-state index in [1.165, 1.54) is 0 Å². The SMILES string of the molecule is CC[C@@H](c1cccnc1)N(C)C(=O)NCCNc1ccncc1C. The van der Waals surface area contributed by atoms with Crippen LogP contribution >= 0.6 is 0 Å². The predicted molar refractivity (Wildman–Crippen MR) is 95.9 cm³/mol. The molecule has 0 aliphatic carbocycles. The molecule has 0 aromatic carbocycles. The zero-order valence-corrected chi connectivity index (χ0v) is 14.5. The third-order valence-electron chi connectivity index (χ3n) is 3.98. The number of nitrogens with zero attached hydrogens (tertiary/aromatic N) is 3. The van der Waals surface area contributed by atoms with Crippen LogP contribution in [0, 0.1) is 6.92 Å². The van der Waals surface area contributed by atoms with Crippen molar-refractivity contribution in [1.82, 2.24) is 20.2 Å². The Kier molecular flexibility index (Phi) is 6.54. The van der Waals surface area contributed by atoms with Gasteiger partial charge in [-0.1, -0.05) is 13.0 Å². The van der Waals surface area contributed by atoms with Gasteiger partial charge in [-0.15, -0.1) is 0 Å². The Morgan fingerprint density at radius 1 is 1.21 bits per heavy atom. The Labute approximate surface area is 143 Å². The first-order valence-electron chi connectivity index (χ1n) is 8.18. The molecule has 2 aromatic rings. The van der Waals surface area contributed by atoms with Gasteiger partial charge in [-0.25, -0.2) is 4.79 Å². The largest absolute Gasteiger partial charge is 0.383 e. The van der Waals surface area contributed by atoms with Crippen LogP contribution in [0.2, 0.25) is 0 Å². The second-order valence-corrected chi connectivity index (χ2v) is 5.67. The molecule has 0 radical (unpaired) electrons. The van der Waals surface area contributed by atoms with Gasteiger partial charge < -0.3 is 15.5 Å². The summed E-state index contributed by atoms with van der Waals surface area (Å²) >= 11 is 0. The lowest BCUT2D eigenvalue weighted by Gasteiger charge is -2.27. The van der Waals surface area contributed by atoms with E-state index in [-0.39, 0.29) is 12.1 Å². The Morgan fingerprint density at radius 3 is 2.67 bits per heavy atom. The minimum absolute atomic E-state index is 0.0223. The molecule has 128 valence electrons. The molecule has 0 saturated carbocycles. The average molecular weight is 327 g/mol. The summed E-state index contributed by atoms with van der Waals surface area (Å²) in [5.74, 6) is 0. The van der Waals surface area contributed by atoms with E-state index in [4.69, 9.17) is 0 Å². The minimum atomic E-state index is -0.0843. The highest BCUT2D eigenvalue weighted by Crippen LogP contribution is 2.21. The number of hydrogen-bond acceptors (Lipinski definition) is 4. The number of anilines is 1. The standard InChI is InChI=1S/C18H25N5O/c1-4-17(15-6-5-8-19-13-15)23(3)18(24)22-11-10-21-16-7-9-20-12-14(16)2/h5-9,12-13,17H,4,10-11H2,1-3H3,(H,20,21)(H,22,24)/t17-/m0/s1. The maximum absolute atomic E-state index is 12.4. The molecule has 2 amide bonds. The van der Waals surface area contributed by atoms with Gasteiger partial charge in [0.25, 0.3) is 0 Å². The van der Waals surface area contributed by atoms with Crippen LogP contribution in [0.25, 0.3) is 0 Å². The molecule has 6 heteroatoms. The Bertz CT molecular complexity index is 647. The molecule has 24 heavy (non-hydrogen) atoms. The summed E-state index contributed by atoms with van der Waals surface area (Å²) < 4.78 is 0. The van der Waals surface area contributed by atoms with Crippen LogP contribution in [0.4, 0.5) is 10.5 Å². The van der Waals surface area contributed by atoms with E-state index in [1.54, 1.807) is 17.3 Å². The molecule has 0 fully saturated rings. The van der Waals surface area contributed by atoms with Crippen molar-refractivity contribution >= 4 is 11.7 Å². The highest BCUT2D eigenvalue weighted by atomic mass is 16.2. The van der Waals surface area contributed by atoms with Crippen molar-refractivity contribution < 1.29 is 4.79 Å². The first kappa shape index (κ1) is 17.7. The molecule has 2 aromatic heterocycles. The van der Waals surface area contributed by atoms with Gasteiger partial charge in [-0.3, -0.25) is 9.97 Å². The number of hydrogen-bond donors (Lipinski definition) is 2. The summed E-state index contributed by atoms with van der Waals surface area (Å²) in [6, 6.07) is 5.76. The Balaban J connectivity index is 1.82.